The Morgan fingerprint density at radius 2 is 2.24 bits per heavy atom. The molecular weight excluding hydrogens is 286 g/mol. The maximum absolute atomic E-state index is 12.0. The van der Waals surface area contributed by atoms with Crippen LogP contribution in [-0.4, -0.2) is 47.3 Å². The van der Waals surface area contributed by atoms with Gasteiger partial charge in [0, 0.05) is 37.4 Å². The average molecular weight is 311 g/mol. The zero-order chi connectivity index (χ0) is 15.4. The van der Waals surface area contributed by atoms with Crippen LogP contribution in [0.5, 0.6) is 0 Å². The Labute approximate surface area is 130 Å². The van der Waals surface area contributed by atoms with Crippen molar-refractivity contribution in [3.63, 3.8) is 0 Å². The molecule has 6 heteroatoms. The number of carbonyl (C=O) groups is 1. The van der Waals surface area contributed by atoms with Gasteiger partial charge in [0.05, 0.1) is 16.8 Å². The lowest BCUT2D eigenvalue weighted by molar-refractivity contribution is 0.114. The first kappa shape index (κ1) is 16.2. The molecule has 118 valence electrons. The average Bonchev–Trinajstić information content (AvgIpc) is 2.96. The minimum Gasteiger partial charge on any atom is -0.393 e. The summed E-state index contributed by atoms with van der Waals surface area (Å²) in [4.78, 5) is 19.3. The van der Waals surface area contributed by atoms with Crippen LogP contribution in [0.2, 0.25) is 0 Å². The van der Waals surface area contributed by atoms with Crippen LogP contribution in [0.1, 0.15) is 34.8 Å². The Bertz CT molecular complexity index is 489. The van der Waals surface area contributed by atoms with Gasteiger partial charge in [-0.05, 0) is 26.7 Å². The van der Waals surface area contributed by atoms with Crippen molar-refractivity contribution in [2.75, 3.05) is 20.1 Å². The van der Waals surface area contributed by atoms with Gasteiger partial charge in [-0.1, -0.05) is 6.42 Å². The summed E-state index contributed by atoms with van der Waals surface area (Å²) < 4.78 is 0. The molecule has 0 bridgehead atoms. The maximum atomic E-state index is 12.0. The highest BCUT2D eigenvalue weighted by Crippen LogP contribution is 2.25. The van der Waals surface area contributed by atoms with Crippen molar-refractivity contribution in [1.29, 1.82) is 0 Å². The number of urea groups is 1. The van der Waals surface area contributed by atoms with Crippen LogP contribution >= 0.6 is 11.3 Å². The largest absolute Gasteiger partial charge is 0.393 e. The van der Waals surface area contributed by atoms with Gasteiger partial charge in [0.2, 0.25) is 0 Å². The Morgan fingerprint density at radius 1 is 1.48 bits per heavy atom. The molecule has 1 saturated carbocycles. The van der Waals surface area contributed by atoms with Crippen LogP contribution < -0.4 is 5.32 Å². The van der Waals surface area contributed by atoms with Gasteiger partial charge >= 0.3 is 6.03 Å². The van der Waals surface area contributed by atoms with E-state index in [1.807, 2.05) is 13.8 Å². The zero-order valence-corrected chi connectivity index (χ0v) is 13.9. The summed E-state index contributed by atoms with van der Waals surface area (Å²) in [5.41, 5.74) is 1.06. The van der Waals surface area contributed by atoms with E-state index in [0.717, 1.165) is 36.4 Å². The minimum absolute atomic E-state index is 0.0620. The number of thiazole rings is 1. The zero-order valence-electron chi connectivity index (χ0n) is 13.1. The highest BCUT2D eigenvalue weighted by Gasteiger charge is 2.27. The maximum Gasteiger partial charge on any atom is 0.317 e. The van der Waals surface area contributed by atoms with E-state index in [2.05, 4.69) is 10.3 Å². The lowest BCUT2D eigenvalue weighted by atomic mass is 10.1. The molecule has 0 spiro atoms. The highest BCUT2D eigenvalue weighted by molar-refractivity contribution is 7.11. The first-order chi connectivity index (χ1) is 9.97. The number of carbonyl (C=O) groups excluding carboxylic acids is 1. The molecule has 1 aromatic heterocycles. The second kappa shape index (κ2) is 7.22. The molecular formula is C15H25N3O2S. The van der Waals surface area contributed by atoms with Crippen molar-refractivity contribution >= 4 is 17.4 Å². The van der Waals surface area contributed by atoms with E-state index in [-0.39, 0.29) is 18.1 Å². The molecule has 2 amide bonds. The Kier molecular flexibility index (Phi) is 5.58. The fourth-order valence-electron chi connectivity index (χ4n) is 2.89. The van der Waals surface area contributed by atoms with Crippen LogP contribution in [0, 0.1) is 19.8 Å². The van der Waals surface area contributed by atoms with Crippen LogP contribution in [-0.2, 0) is 6.42 Å². The van der Waals surface area contributed by atoms with E-state index in [4.69, 9.17) is 0 Å². The summed E-state index contributed by atoms with van der Waals surface area (Å²) in [5.74, 6) is 0.229. The van der Waals surface area contributed by atoms with E-state index in [1.54, 1.807) is 23.3 Å². The van der Waals surface area contributed by atoms with Crippen molar-refractivity contribution in [3.8, 4) is 0 Å². The quantitative estimate of drug-likeness (QED) is 0.875. The predicted molar refractivity (Wildman–Crippen MR) is 84.7 cm³/mol. The highest BCUT2D eigenvalue weighted by atomic mass is 32.1. The van der Waals surface area contributed by atoms with E-state index in [0.29, 0.717) is 13.1 Å². The van der Waals surface area contributed by atoms with Gasteiger partial charge in [0.15, 0.2) is 0 Å². The molecule has 1 heterocycles. The van der Waals surface area contributed by atoms with Crippen molar-refractivity contribution in [2.24, 2.45) is 5.92 Å². The molecule has 0 saturated heterocycles. The number of hydrogen-bond donors (Lipinski definition) is 2. The molecule has 2 N–H and O–H groups in total. The molecule has 1 aliphatic rings. The van der Waals surface area contributed by atoms with Gasteiger partial charge in [0.25, 0.3) is 0 Å². The standard InChI is InChI=1S/C15H25N3O2S/c1-10-14(21-11(2)17-10)7-8-16-15(20)18(3)9-12-5-4-6-13(12)19/h12-13,19H,4-9H2,1-3H3,(H,16,20). The molecule has 2 atom stereocenters. The lowest BCUT2D eigenvalue weighted by Crippen LogP contribution is -2.41. The van der Waals surface area contributed by atoms with Crippen LogP contribution in [0.15, 0.2) is 0 Å². The Morgan fingerprint density at radius 3 is 2.81 bits per heavy atom. The van der Waals surface area contributed by atoms with E-state index >= 15 is 0 Å². The summed E-state index contributed by atoms with van der Waals surface area (Å²) in [6.45, 7) is 5.26. The third-order valence-corrected chi connectivity index (χ3v) is 5.23. The summed E-state index contributed by atoms with van der Waals surface area (Å²) in [5, 5.41) is 13.8. The fraction of sp³-hybridized carbons (Fsp3) is 0.733. The first-order valence-electron chi connectivity index (χ1n) is 7.57. The van der Waals surface area contributed by atoms with Crippen molar-refractivity contribution < 1.29 is 9.90 Å². The van der Waals surface area contributed by atoms with Gasteiger partial charge in [0.1, 0.15) is 0 Å². The number of aryl methyl sites for hydroxylation is 2. The fourth-order valence-corrected chi connectivity index (χ4v) is 3.82. The Balaban J connectivity index is 1.72. The van der Waals surface area contributed by atoms with Gasteiger partial charge in [-0.3, -0.25) is 0 Å². The first-order valence-corrected chi connectivity index (χ1v) is 8.39. The SMILES string of the molecule is Cc1nc(C)c(CCNC(=O)N(C)CC2CCCC2O)s1. The molecule has 1 aromatic rings. The molecule has 21 heavy (non-hydrogen) atoms. The number of nitrogens with one attached hydrogen (secondary N) is 1. The third kappa shape index (κ3) is 4.41. The van der Waals surface area contributed by atoms with Gasteiger partial charge in [-0.2, -0.15) is 0 Å². The molecule has 5 nitrogen and oxygen atoms in total. The molecule has 1 aliphatic carbocycles. The number of amides is 2. The summed E-state index contributed by atoms with van der Waals surface area (Å²) in [7, 11) is 1.79. The number of rotatable bonds is 5. The summed E-state index contributed by atoms with van der Waals surface area (Å²) in [6, 6.07) is -0.0620. The van der Waals surface area contributed by atoms with Gasteiger partial charge in [-0.15, -0.1) is 11.3 Å². The molecule has 0 aromatic carbocycles. The van der Waals surface area contributed by atoms with Crippen molar-refractivity contribution in [1.82, 2.24) is 15.2 Å². The second-order valence-electron chi connectivity index (χ2n) is 5.86. The third-order valence-electron chi connectivity index (χ3n) is 4.10. The number of aliphatic hydroxyl groups is 1. The number of aromatic nitrogens is 1. The van der Waals surface area contributed by atoms with Gasteiger partial charge in [-0.25, -0.2) is 9.78 Å². The topological polar surface area (TPSA) is 65.5 Å². The molecule has 2 rings (SSSR count). The second-order valence-corrected chi connectivity index (χ2v) is 7.15. The number of aliphatic hydroxyl groups excluding tert-OH is 1. The molecule has 1 fully saturated rings. The smallest absolute Gasteiger partial charge is 0.317 e. The van der Waals surface area contributed by atoms with Crippen LogP contribution in [0.3, 0.4) is 0 Å². The van der Waals surface area contributed by atoms with E-state index in [1.165, 1.54) is 4.88 Å². The molecule has 0 aliphatic heterocycles. The predicted octanol–water partition coefficient (Wildman–Crippen LogP) is 2.10. The van der Waals surface area contributed by atoms with E-state index in [9.17, 15) is 9.90 Å². The lowest BCUT2D eigenvalue weighted by Gasteiger charge is -2.23. The number of hydrogen-bond acceptors (Lipinski definition) is 4. The van der Waals surface area contributed by atoms with Crippen LogP contribution in [0.25, 0.3) is 0 Å². The normalized spacial score (nSPS) is 21.5. The monoisotopic (exact) mass is 311 g/mol. The van der Waals surface area contributed by atoms with Crippen molar-refractivity contribution in [3.05, 3.63) is 15.6 Å². The number of nitrogens with zero attached hydrogens (tertiary/aromatic N) is 2. The van der Waals surface area contributed by atoms with Crippen LogP contribution in [0.4, 0.5) is 4.79 Å². The molecule has 2 unspecified atom stereocenters. The van der Waals surface area contributed by atoms with Crippen molar-refractivity contribution in [2.45, 2.75) is 45.6 Å². The van der Waals surface area contributed by atoms with E-state index < -0.39 is 0 Å². The summed E-state index contributed by atoms with van der Waals surface area (Å²) >= 11 is 1.69. The summed E-state index contributed by atoms with van der Waals surface area (Å²) in [6.07, 6.45) is 3.51. The molecule has 0 radical (unpaired) electrons. The minimum atomic E-state index is -0.247. The van der Waals surface area contributed by atoms with Gasteiger partial charge < -0.3 is 15.3 Å². The Hall–Kier alpha value is -1.14.